The van der Waals surface area contributed by atoms with Crippen LogP contribution in [0.5, 0.6) is 5.75 Å². The first-order valence-electron chi connectivity index (χ1n) is 7.34. The van der Waals surface area contributed by atoms with Crippen molar-refractivity contribution in [3.63, 3.8) is 0 Å². The summed E-state index contributed by atoms with van der Waals surface area (Å²) in [6, 6.07) is 16.1. The first-order valence-corrected chi connectivity index (χ1v) is 7.34. The van der Waals surface area contributed by atoms with E-state index in [-0.39, 0.29) is 6.42 Å². The molecule has 116 valence electrons. The van der Waals surface area contributed by atoms with Crippen LogP contribution in [0.4, 0.5) is 0 Å². The second kappa shape index (κ2) is 8.20. The molecule has 22 heavy (non-hydrogen) atoms. The summed E-state index contributed by atoms with van der Waals surface area (Å²) in [5.74, 6) is 0.0299. The van der Waals surface area contributed by atoms with Crippen LogP contribution in [0, 0.1) is 6.92 Å². The molecule has 2 N–H and O–H groups in total. The van der Waals surface area contributed by atoms with Gasteiger partial charge in [0, 0.05) is 18.7 Å². The minimum absolute atomic E-state index is 0.117. The fourth-order valence-corrected chi connectivity index (χ4v) is 2.05. The number of para-hydroxylation sites is 1. The molecule has 0 heterocycles. The number of ether oxygens (including phenoxy) is 1. The highest BCUT2D eigenvalue weighted by molar-refractivity contribution is 5.66. The summed E-state index contributed by atoms with van der Waals surface area (Å²) in [7, 11) is 0. The van der Waals surface area contributed by atoms with Crippen molar-refractivity contribution in [3.8, 4) is 5.75 Å². The van der Waals surface area contributed by atoms with E-state index in [0.29, 0.717) is 19.7 Å². The molecule has 2 aromatic carbocycles. The number of carboxylic acids is 1. The molecule has 0 radical (unpaired) electrons. The third-order valence-corrected chi connectivity index (χ3v) is 3.32. The number of nitrogens with one attached hydrogen (secondary N) is 1. The van der Waals surface area contributed by atoms with Gasteiger partial charge >= 0.3 is 5.97 Å². The van der Waals surface area contributed by atoms with Crippen LogP contribution < -0.4 is 10.1 Å². The SMILES string of the molecule is Cc1ccc(COc2ccccc2CNCCC(=O)O)cc1. The van der Waals surface area contributed by atoms with Crippen LogP contribution in [0.25, 0.3) is 0 Å². The van der Waals surface area contributed by atoms with E-state index in [0.717, 1.165) is 16.9 Å². The first kappa shape index (κ1) is 16.0. The van der Waals surface area contributed by atoms with E-state index in [1.54, 1.807) is 0 Å². The molecule has 0 amide bonds. The minimum Gasteiger partial charge on any atom is -0.489 e. The highest BCUT2D eigenvalue weighted by Gasteiger charge is 2.04. The van der Waals surface area contributed by atoms with Gasteiger partial charge in [-0.1, -0.05) is 48.0 Å². The largest absolute Gasteiger partial charge is 0.489 e. The van der Waals surface area contributed by atoms with Crippen LogP contribution in [-0.4, -0.2) is 17.6 Å². The van der Waals surface area contributed by atoms with Gasteiger partial charge in [-0.3, -0.25) is 4.79 Å². The van der Waals surface area contributed by atoms with Crippen molar-refractivity contribution < 1.29 is 14.6 Å². The zero-order valence-corrected chi connectivity index (χ0v) is 12.7. The molecule has 0 atom stereocenters. The Hall–Kier alpha value is -2.33. The fourth-order valence-electron chi connectivity index (χ4n) is 2.05. The first-order chi connectivity index (χ1) is 10.6. The van der Waals surface area contributed by atoms with E-state index in [2.05, 4.69) is 36.5 Å². The average Bonchev–Trinajstić information content (AvgIpc) is 2.52. The predicted octanol–water partition coefficient (Wildman–Crippen LogP) is 3.14. The second-order valence-corrected chi connectivity index (χ2v) is 5.20. The van der Waals surface area contributed by atoms with Gasteiger partial charge in [0.25, 0.3) is 0 Å². The van der Waals surface area contributed by atoms with Crippen molar-refractivity contribution >= 4 is 5.97 Å². The summed E-state index contributed by atoms with van der Waals surface area (Å²) >= 11 is 0. The maximum absolute atomic E-state index is 10.5. The number of hydrogen-bond donors (Lipinski definition) is 2. The van der Waals surface area contributed by atoms with Crippen molar-refractivity contribution in [2.45, 2.75) is 26.5 Å². The Morgan fingerprint density at radius 2 is 1.86 bits per heavy atom. The van der Waals surface area contributed by atoms with Crippen molar-refractivity contribution in [1.82, 2.24) is 5.32 Å². The molecule has 0 saturated carbocycles. The molecule has 0 unspecified atom stereocenters. The van der Waals surface area contributed by atoms with Crippen LogP contribution in [0.3, 0.4) is 0 Å². The zero-order chi connectivity index (χ0) is 15.8. The average molecular weight is 299 g/mol. The van der Waals surface area contributed by atoms with Crippen LogP contribution >= 0.6 is 0 Å². The molecule has 2 rings (SSSR count). The van der Waals surface area contributed by atoms with Gasteiger partial charge in [0.1, 0.15) is 12.4 Å². The summed E-state index contributed by atoms with van der Waals surface area (Å²) in [5, 5.41) is 11.7. The van der Waals surface area contributed by atoms with Gasteiger partial charge in [0.15, 0.2) is 0 Å². The summed E-state index contributed by atoms with van der Waals surface area (Å²) in [6.45, 7) is 3.62. The van der Waals surface area contributed by atoms with E-state index >= 15 is 0 Å². The monoisotopic (exact) mass is 299 g/mol. The smallest absolute Gasteiger partial charge is 0.304 e. The molecule has 0 bridgehead atoms. The molecule has 0 fully saturated rings. The predicted molar refractivity (Wildman–Crippen MR) is 85.9 cm³/mol. The van der Waals surface area contributed by atoms with Gasteiger partial charge in [0.2, 0.25) is 0 Å². The highest BCUT2D eigenvalue weighted by atomic mass is 16.5. The van der Waals surface area contributed by atoms with Gasteiger partial charge in [-0.15, -0.1) is 0 Å². The van der Waals surface area contributed by atoms with Crippen molar-refractivity contribution in [2.75, 3.05) is 6.54 Å². The van der Waals surface area contributed by atoms with Crippen LogP contribution in [0.2, 0.25) is 0 Å². The lowest BCUT2D eigenvalue weighted by Gasteiger charge is -2.12. The Balaban J connectivity index is 1.90. The van der Waals surface area contributed by atoms with Gasteiger partial charge in [-0.05, 0) is 18.6 Å². The van der Waals surface area contributed by atoms with Gasteiger partial charge < -0.3 is 15.2 Å². The van der Waals surface area contributed by atoms with E-state index in [1.165, 1.54) is 5.56 Å². The van der Waals surface area contributed by atoms with Crippen molar-refractivity contribution in [1.29, 1.82) is 0 Å². The molecule has 4 nitrogen and oxygen atoms in total. The second-order valence-electron chi connectivity index (χ2n) is 5.20. The normalized spacial score (nSPS) is 10.4. The number of aliphatic carboxylic acids is 1. The molecule has 4 heteroatoms. The van der Waals surface area contributed by atoms with E-state index in [1.807, 2.05) is 24.3 Å². The Kier molecular flexibility index (Phi) is 5.98. The topological polar surface area (TPSA) is 58.6 Å². The molecule has 0 aliphatic heterocycles. The quantitative estimate of drug-likeness (QED) is 0.735. The van der Waals surface area contributed by atoms with Crippen molar-refractivity contribution in [2.24, 2.45) is 0 Å². The van der Waals surface area contributed by atoms with Crippen LogP contribution in [-0.2, 0) is 17.9 Å². The van der Waals surface area contributed by atoms with Crippen LogP contribution in [0.1, 0.15) is 23.1 Å². The fraction of sp³-hybridized carbons (Fsp3) is 0.278. The maximum atomic E-state index is 10.5. The number of hydrogen-bond acceptors (Lipinski definition) is 3. The summed E-state index contributed by atoms with van der Waals surface area (Å²) in [5.41, 5.74) is 3.38. The lowest BCUT2D eigenvalue weighted by Crippen LogP contribution is -2.18. The third kappa shape index (κ3) is 5.22. The number of aryl methyl sites for hydroxylation is 1. The summed E-state index contributed by atoms with van der Waals surface area (Å²) < 4.78 is 5.88. The third-order valence-electron chi connectivity index (χ3n) is 3.32. The Morgan fingerprint density at radius 3 is 2.59 bits per heavy atom. The van der Waals surface area contributed by atoms with E-state index < -0.39 is 5.97 Å². The minimum atomic E-state index is -0.795. The number of carbonyl (C=O) groups is 1. The van der Waals surface area contributed by atoms with Gasteiger partial charge in [-0.25, -0.2) is 0 Å². The lowest BCUT2D eigenvalue weighted by molar-refractivity contribution is -0.136. The summed E-state index contributed by atoms with van der Waals surface area (Å²) in [6.07, 6.45) is 0.117. The summed E-state index contributed by atoms with van der Waals surface area (Å²) in [4.78, 5) is 10.5. The maximum Gasteiger partial charge on any atom is 0.304 e. The Labute approximate surface area is 130 Å². The Bertz CT molecular complexity index is 608. The van der Waals surface area contributed by atoms with E-state index in [4.69, 9.17) is 9.84 Å². The molecule has 0 aliphatic rings. The molecule has 2 aromatic rings. The van der Waals surface area contributed by atoms with Crippen molar-refractivity contribution in [3.05, 3.63) is 65.2 Å². The highest BCUT2D eigenvalue weighted by Crippen LogP contribution is 2.19. The number of carboxylic acid groups (broad SMARTS) is 1. The lowest BCUT2D eigenvalue weighted by atomic mass is 10.1. The molecule has 0 saturated heterocycles. The van der Waals surface area contributed by atoms with Crippen LogP contribution in [0.15, 0.2) is 48.5 Å². The van der Waals surface area contributed by atoms with Gasteiger partial charge in [-0.2, -0.15) is 0 Å². The molecular weight excluding hydrogens is 278 g/mol. The molecule has 0 aliphatic carbocycles. The molecule has 0 aromatic heterocycles. The Morgan fingerprint density at radius 1 is 1.14 bits per heavy atom. The standard InChI is InChI=1S/C18H21NO3/c1-14-6-8-15(9-7-14)13-22-17-5-3-2-4-16(17)12-19-11-10-18(20)21/h2-9,19H,10-13H2,1H3,(H,20,21). The molecule has 0 spiro atoms. The number of rotatable bonds is 8. The van der Waals surface area contributed by atoms with E-state index in [9.17, 15) is 4.79 Å². The molecular formula is C18H21NO3. The zero-order valence-electron chi connectivity index (χ0n) is 12.7. The number of benzene rings is 2. The van der Waals surface area contributed by atoms with Gasteiger partial charge in [0.05, 0.1) is 6.42 Å².